The van der Waals surface area contributed by atoms with Gasteiger partial charge in [0.25, 0.3) is 5.91 Å². The average molecular weight is 254 g/mol. The van der Waals surface area contributed by atoms with E-state index in [2.05, 4.69) is 0 Å². The number of halogens is 1. The molecule has 4 N–H and O–H groups in total. The van der Waals surface area contributed by atoms with Gasteiger partial charge in [0.05, 0.1) is 5.56 Å². The van der Waals surface area contributed by atoms with Crippen LogP contribution in [0.25, 0.3) is 0 Å². The van der Waals surface area contributed by atoms with Crippen molar-refractivity contribution < 1.29 is 4.79 Å². The van der Waals surface area contributed by atoms with Gasteiger partial charge in [-0.1, -0.05) is 11.6 Å². The van der Waals surface area contributed by atoms with Crippen molar-refractivity contribution in [3.05, 3.63) is 28.8 Å². The summed E-state index contributed by atoms with van der Waals surface area (Å²) >= 11 is 5.81. The minimum absolute atomic E-state index is 0.0360. The van der Waals surface area contributed by atoms with Gasteiger partial charge in [0, 0.05) is 29.8 Å². The van der Waals surface area contributed by atoms with Crippen molar-refractivity contribution in [2.24, 2.45) is 5.73 Å². The fourth-order valence-electron chi connectivity index (χ4n) is 2.00. The third-order valence-corrected chi connectivity index (χ3v) is 3.31. The molecule has 1 heterocycles. The largest absolute Gasteiger partial charge is 0.398 e. The van der Waals surface area contributed by atoms with Gasteiger partial charge in [-0.25, -0.2) is 0 Å². The molecular formula is C12H16ClN3O. The van der Waals surface area contributed by atoms with Crippen LogP contribution < -0.4 is 11.5 Å². The van der Waals surface area contributed by atoms with E-state index in [-0.39, 0.29) is 11.9 Å². The second-order valence-corrected chi connectivity index (χ2v) is 4.80. The first-order valence-corrected chi connectivity index (χ1v) is 6.05. The molecular weight excluding hydrogens is 238 g/mol. The molecule has 0 atom stereocenters. The van der Waals surface area contributed by atoms with Crippen LogP contribution in [0, 0.1) is 0 Å². The molecule has 0 unspecified atom stereocenters. The second kappa shape index (κ2) is 4.94. The summed E-state index contributed by atoms with van der Waals surface area (Å²) in [7, 11) is 0. The first-order chi connectivity index (χ1) is 8.08. The van der Waals surface area contributed by atoms with E-state index >= 15 is 0 Å². The zero-order chi connectivity index (χ0) is 12.4. The van der Waals surface area contributed by atoms with E-state index in [1.54, 1.807) is 23.1 Å². The number of likely N-dealkylation sites (tertiary alicyclic amines) is 1. The Morgan fingerprint density at radius 2 is 2.00 bits per heavy atom. The van der Waals surface area contributed by atoms with Crippen LogP contribution in [0.5, 0.6) is 0 Å². The van der Waals surface area contributed by atoms with Gasteiger partial charge in [-0.2, -0.15) is 0 Å². The van der Waals surface area contributed by atoms with E-state index < -0.39 is 0 Å². The summed E-state index contributed by atoms with van der Waals surface area (Å²) in [6.45, 7) is 1.39. The highest BCUT2D eigenvalue weighted by atomic mass is 35.5. The fraction of sp³-hybridized carbons (Fsp3) is 0.417. The second-order valence-electron chi connectivity index (χ2n) is 4.36. The molecule has 1 aromatic rings. The van der Waals surface area contributed by atoms with Gasteiger partial charge >= 0.3 is 0 Å². The SMILES string of the molecule is Nc1cc(Cl)ccc1C(=O)N1CCC(N)CC1. The van der Waals surface area contributed by atoms with E-state index in [1.165, 1.54) is 0 Å². The molecule has 0 spiro atoms. The molecule has 5 heteroatoms. The van der Waals surface area contributed by atoms with Gasteiger partial charge in [-0.15, -0.1) is 0 Å². The lowest BCUT2D eigenvalue weighted by Gasteiger charge is -2.30. The average Bonchev–Trinajstić information content (AvgIpc) is 2.29. The maximum absolute atomic E-state index is 12.2. The summed E-state index contributed by atoms with van der Waals surface area (Å²) in [6, 6.07) is 5.17. The van der Waals surface area contributed by atoms with Crippen molar-refractivity contribution in [2.45, 2.75) is 18.9 Å². The topological polar surface area (TPSA) is 72.4 Å². The number of rotatable bonds is 1. The molecule has 0 aromatic heterocycles. The standard InChI is InChI=1S/C12H16ClN3O/c13-8-1-2-10(11(15)7-8)12(17)16-5-3-9(14)4-6-16/h1-2,7,9H,3-6,14-15H2. The number of hydrogen-bond acceptors (Lipinski definition) is 3. The van der Waals surface area contributed by atoms with E-state index in [0.717, 1.165) is 12.8 Å². The highest BCUT2D eigenvalue weighted by Crippen LogP contribution is 2.21. The summed E-state index contributed by atoms with van der Waals surface area (Å²) in [5.74, 6) is -0.0360. The monoisotopic (exact) mass is 253 g/mol. The molecule has 1 amide bonds. The molecule has 2 rings (SSSR count). The van der Waals surface area contributed by atoms with E-state index in [9.17, 15) is 4.79 Å². The maximum atomic E-state index is 12.2. The van der Waals surface area contributed by atoms with Crippen LogP contribution in [0.3, 0.4) is 0 Å². The minimum atomic E-state index is -0.0360. The van der Waals surface area contributed by atoms with Gasteiger partial charge in [-0.05, 0) is 31.0 Å². The quantitative estimate of drug-likeness (QED) is 0.745. The number of nitrogens with two attached hydrogens (primary N) is 2. The molecule has 0 bridgehead atoms. The lowest BCUT2D eigenvalue weighted by Crippen LogP contribution is -2.43. The Hall–Kier alpha value is -1.26. The molecule has 0 radical (unpaired) electrons. The number of carbonyl (C=O) groups is 1. The number of anilines is 1. The first-order valence-electron chi connectivity index (χ1n) is 5.68. The Labute approximate surface area is 106 Å². The highest BCUT2D eigenvalue weighted by Gasteiger charge is 2.22. The molecule has 1 aliphatic rings. The summed E-state index contributed by atoms with van der Waals surface area (Å²) in [4.78, 5) is 14.0. The molecule has 0 aliphatic carbocycles. The summed E-state index contributed by atoms with van der Waals surface area (Å²) in [5, 5.41) is 0.541. The van der Waals surface area contributed by atoms with Gasteiger partial charge in [0.15, 0.2) is 0 Å². The van der Waals surface area contributed by atoms with Crippen molar-refractivity contribution in [3.63, 3.8) is 0 Å². The van der Waals surface area contributed by atoms with Gasteiger partial charge in [0.2, 0.25) is 0 Å². The first kappa shape index (κ1) is 12.2. The predicted molar refractivity (Wildman–Crippen MR) is 69.0 cm³/mol. The van der Waals surface area contributed by atoms with E-state index in [0.29, 0.717) is 29.4 Å². The van der Waals surface area contributed by atoms with Crippen LogP contribution in [-0.4, -0.2) is 29.9 Å². The molecule has 92 valence electrons. The van der Waals surface area contributed by atoms with Gasteiger partial charge in [0.1, 0.15) is 0 Å². The fourth-order valence-corrected chi connectivity index (χ4v) is 2.18. The van der Waals surface area contributed by atoms with E-state index in [1.807, 2.05) is 0 Å². The minimum Gasteiger partial charge on any atom is -0.398 e. The molecule has 1 aliphatic heterocycles. The van der Waals surface area contributed by atoms with Crippen LogP contribution in [0.2, 0.25) is 5.02 Å². The van der Waals surface area contributed by atoms with Gasteiger partial charge < -0.3 is 16.4 Å². The molecule has 1 aromatic carbocycles. The Morgan fingerprint density at radius 3 is 2.59 bits per heavy atom. The van der Waals surface area contributed by atoms with Gasteiger partial charge in [-0.3, -0.25) is 4.79 Å². The van der Waals surface area contributed by atoms with Crippen molar-refractivity contribution in [2.75, 3.05) is 18.8 Å². The van der Waals surface area contributed by atoms with Crippen molar-refractivity contribution in [3.8, 4) is 0 Å². The Morgan fingerprint density at radius 1 is 1.35 bits per heavy atom. The molecule has 1 fully saturated rings. The van der Waals surface area contributed by atoms with Crippen LogP contribution in [0.15, 0.2) is 18.2 Å². The van der Waals surface area contributed by atoms with Crippen LogP contribution in [0.1, 0.15) is 23.2 Å². The summed E-state index contributed by atoms with van der Waals surface area (Å²) < 4.78 is 0. The smallest absolute Gasteiger partial charge is 0.255 e. The number of amides is 1. The predicted octanol–water partition coefficient (Wildman–Crippen LogP) is 1.49. The number of nitrogen functional groups attached to an aromatic ring is 1. The van der Waals surface area contributed by atoms with Crippen molar-refractivity contribution in [1.29, 1.82) is 0 Å². The van der Waals surface area contributed by atoms with Crippen LogP contribution >= 0.6 is 11.6 Å². The summed E-state index contributed by atoms with van der Waals surface area (Å²) in [5.41, 5.74) is 12.6. The van der Waals surface area contributed by atoms with Crippen molar-refractivity contribution in [1.82, 2.24) is 4.90 Å². The van der Waals surface area contributed by atoms with Crippen molar-refractivity contribution >= 4 is 23.2 Å². The number of nitrogens with zero attached hydrogens (tertiary/aromatic N) is 1. The zero-order valence-corrected chi connectivity index (χ0v) is 10.3. The number of benzene rings is 1. The normalized spacial score (nSPS) is 17.2. The third kappa shape index (κ3) is 2.70. The molecule has 4 nitrogen and oxygen atoms in total. The lowest BCUT2D eigenvalue weighted by atomic mass is 10.0. The molecule has 1 saturated heterocycles. The van der Waals surface area contributed by atoms with E-state index in [4.69, 9.17) is 23.1 Å². The van der Waals surface area contributed by atoms with Crippen LogP contribution in [0.4, 0.5) is 5.69 Å². The number of carbonyl (C=O) groups excluding carboxylic acids is 1. The molecule has 17 heavy (non-hydrogen) atoms. The Kier molecular flexibility index (Phi) is 3.54. The summed E-state index contributed by atoms with van der Waals surface area (Å²) in [6.07, 6.45) is 1.69. The third-order valence-electron chi connectivity index (χ3n) is 3.07. The highest BCUT2D eigenvalue weighted by molar-refractivity contribution is 6.31. The number of hydrogen-bond donors (Lipinski definition) is 2. The Bertz CT molecular complexity index is 428. The number of piperidine rings is 1. The maximum Gasteiger partial charge on any atom is 0.255 e. The lowest BCUT2D eigenvalue weighted by molar-refractivity contribution is 0.0716. The zero-order valence-electron chi connectivity index (χ0n) is 9.53. The Balaban J connectivity index is 2.14. The van der Waals surface area contributed by atoms with Crippen LogP contribution in [-0.2, 0) is 0 Å². The molecule has 0 saturated carbocycles.